The van der Waals surface area contributed by atoms with E-state index in [0.29, 0.717) is 11.7 Å². The summed E-state index contributed by atoms with van der Waals surface area (Å²) in [6.07, 6.45) is -0.601. The van der Waals surface area contributed by atoms with Crippen molar-refractivity contribution in [3.63, 3.8) is 0 Å². The Morgan fingerprint density at radius 1 is 1.19 bits per heavy atom. The molecule has 2 aromatic carbocycles. The van der Waals surface area contributed by atoms with Crippen molar-refractivity contribution in [3.05, 3.63) is 60.2 Å². The highest BCUT2D eigenvalue weighted by Gasteiger charge is 2.07. The van der Waals surface area contributed by atoms with E-state index in [2.05, 4.69) is 10.6 Å². The van der Waals surface area contributed by atoms with Crippen molar-refractivity contribution in [2.24, 2.45) is 0 Å². The van der Waals surface area contributed by atoms with Crippen LogP contribution in [0.2, 0.25) is 0 Å². The van der Waals surface area contributed by atoms with Gasteiger partial charge < -0.3 is 20.5 Å². The Morgan fingerprint density at radius 3 is 2.67 bits per heavy atom. The third-order valence-electron chi connectivity index (χ3n) is 2.97. The fourth-order valence-corrected chi connectivity index (χ4v) is 2.06. The molecule has 0 amide bonds. The van der Waals surface area contributed by atoms with Crippen LogP contribution in [0.3, 0.4) is 0 Å². The fraction of sp³-hybridized carbons (Fsp3) is 0.188. The highest BCUT2D eigenvalue weighted by Crippen LogP contribution is 2.16. The number of rotatable bonds is 5. The first-order valence-electron chi connectivity index (χ1n) is 6.61. The maximum atomic E-state index is 10.0. The number of thiocarbonyl (C=S) groups is 1. The summed E-state index contributed by atoms with van der Waals surface area (Å²) in [6.45, 7) is 0.347. The molecular formula is C16H18N2O2S. The van der Waals surface area contributed by atoms with E-state index in [1.54, 1.807) is 7.11 Å². The molecule has 4 nitrogen and oxygen atoms in total. The number of hydrogen-bond acceptors (Lipinski definition) is 3. The van der Waals surface area contributed by atoms with Crippen molar-refractivity contribution in [2.75, 3.05) is 19.0 Å². The topological polar surface area (TPSA) is 53.5 Å². The highest BCUT2D eigenvalue weighted by molar-refractivity contribution is 7.80. The first-order valence-corrected chi connectivity index (χ1v) is 7.02. The van der Waals surface area contributed by atoms with Gasteiger partial charge in [0.25, 0.3) is 0 Å². The summed E-state index contributed by atoms with van der Waals surface area (Å²) >= 11 is 5.21. The van der Waals surface area contributed by atoms with Gasteiger partial charge in [0, 0.05) is 18.3 Å². The number of nitrogens with one attached hydrogen (secondary N) is 2. The van der Waals surface area contributed by atoms with E-state index in [0.717, 1.165) is 17.0 Å². The molecule has 110 valence electrons. The SMILES string of the molecule is COc1cccc(NC(=S)NC[C@@H](O)c2ccccc2)c1. The van der Waals surface area contributed by atoms with Crippen LogP contribution < -0.4 is 15.4 Å². The molecule has 0 radical (unpaired) electrons. The Balaban J connectivity index is 1.84. The zero-order valence-electron chi connectivity index (χ0n) is 11.7. The van der Waals surface area contributed by atoms with Crippen LogP contribution in [0, 0.1) is 0 Å². The summed E-state index contributed by atoms with van der Waals surface area (Å²) in [6, 6.07) is 16.9. The summed E-state index contributed by atoms with van der Waals surface area (Å²) in [7, 11) is 1.62. The standard InChI is InChI=1S/C16H18N2O2S/c1-20-14-9-5-8-13(10-14)18-16(21)17-11-15(19)12-6-3-2-4-7-12/h2-10,15,19H,11H2,1H3,(H2,17,18,21)/t15-/m1/s1. The smallest absolute Gasteiger partial charge is 0.170 e. The minimum atomic E-state index is -0.601. The third kappa shape index (κ3) is 4.73. The highest BCUT2D eigenvalue weighted by atomic mass is 32.1. The lowest BCUT2D eigenvalue weighted by Crippen LogP contribution is -2.32. The molecule has 0 aliphatic rings. The summed E-state index contributed by atoms with van der Waals surface area (Å²) in [4.78, 5) is 0. The van der Waals surface area contributed by atoms with Crippen LogP contribution in [0.1, 0.15) is 11.7 Å². The lowest BCUT2D eigenvalue weighted by Gasteiger charge is -2.15. The molecule has 3 N–H and O–H groups in total. The second-order valence-electron chi connectivity index (χ2n) is 4.49. The van der Waals surface area contributed by atoms with Gasteiger partial charge in [0.2, 0.25) is 0 Å². The Morgan fingerprint density at radius 2 is 1.95 bits per heavy atom. The molecule has 0 aromatic heterocycles. The largest absolute Gasteiger partial charge is 0.497 e. The second kappa shape index (κ2) is 7.61. The maximum Gasteiger partial charge on any atom is 0.170 e. The number of benzene rings is 2. The van der Waals surface area contributed by atoms with Gasteiger partial charge in [-0.25, -0.2) is 0 Å². The van der Waals surface area contributed by atoms with Crippen molar-refractivity contribution in [1.82, 2.24) is 5.32 Å². The van der Waals surface area contributed by atoms with Crippen LogP contribution in [-0.2, 0) is 0 Å². The van der Waals surface area contributed by atoms with Crippen LogP contribution in [0.5, 0.6) is 5.75 Å². The van der Waals surface area contributed by atoms with Gasteiger partial charge in [-0.1, -0.05) is 36.4 Å². The molecule has 2 rings (SSSR count). The van der Waals surface area contributed by atoms with E-state index >= 15 is 0 Å². The number of anilines is 1. The molecule has 1 atom stereocenters. The van der Waals surface area contributed by atoms with Crippen molar-refractivity contribution >= 4 is 23.0 Å². The number of aliphatic hydroxyl groups excluding tert-OH is 1. The number of hydrogen-bond donors (Lipinski definition) is 3. The molecule has 0 aliphatic carbocycles. The summed E-state index contributed by atoms with van der Waals surface area (Å²) < 4.78 is 5.15. The Kier molecular flexibility index (Phi) is 5.54. The molecule has 21 heavy (non-hydrogen) atoms. The average Bonchev–Trinajstić information content (AvgIpc) is 2.53. The normalized spacial score (nSPS) is 11.5. The van der Waals surface area contributed by atoms with Gasteiger partial charge in [-0.2, -0.15) is 0 Å². The molecule has 0 aliphatic heterocycles. The quantitative estimate of drug-likeness (QED) is 0.742. The minimum absolute atomic E-state index is 0.347. The van der Waals surface area contributed by atoms with Gasteiger partial charge in [0.05, 0.1) is 13.2 Å². The number of methoxy groups -OCH3 is 1. The van der Waals surface area contributed by atoms with Crippen LogP contribution >= 0.6 is 12.2 Å². The summed E-state index contributed by atoms with van der Waals surface area (Å²) in [5, 5.41) is 16.6. The van der Waals surface area contributed by atoms with Crippen molar-refractivity contribution in [3.8, 4) is 5.75 Å². The number of ether oxygens (including phenoxy) is 1. The van der Waals surface area contributed by atoms with E-state index in [-0.39, 0.29) is 0 Å². The zero-order chi connectivity index (χ0) is 15.1. The first-order chi connectivity index (χ1) is 10.2. The fourth-order valence-electron chi connectivity index (χ4n) is 1.86. The molecule has 5 heteroatoms. The molecule has 2 aromatic rings. The Labute approximate surface area is 129 Å². The second-order valence-corrected chi connectivity index (χ2v) is 4.90. The van der Waals surface area contributed by atoms with E-state index in [9.17, 15) is 5.11 Å². The van der Waals surface area contributed by atoms with E-state index in [4.69, 9.17) is 17.0 Å². The lowest BCUT2D eigenvalue weighted by atomic mass is 10.1. The molecule has 0 unspecified atom stereocenters. The minimum Gasteiger partial charge on any atom is -0.497 e. The van der Waals surface area contributed by atoms with Gasteiger partial charge in [-0.3, -0.25) is 0 Å². The predicted octanol–water partition coefficient (Wildman–Crippen LogP) is 2.72. The van der Waals surface area contributed by atoms with Crippen LogP contribution in [-0.4, -0.2) is 23.9 Å². The van der Waals surface area contributed by atoms with Crippen LogP contribution in [0.15, 0.2) is 54.6 Å². The predicted molar refractivity (Wildman–Crippen MR) is 88.6 cm³/mol. The van der Waals surface area contributed by atoms with E-state index in [1.165, 1.54) is 0 Å². The van der Waals surface area contributed by atoms with Crippen molar-refractivity contribution in [2.45, 2.75) is 6.10 Å². The van der Waals surface area contributed by atoms with Gasteiger partial charge >= 0.3 is 0 Å². The van der Waals surface area contributed by atoms with Crippen LogP contribution in [0.4, 0.5) is 5.69 Å². The maximum absolute atomic E-state index is 10.0. The molecule has 0 saturated heterocycles. The van der Waals surface area contributed by atoms with Crippen LogP contribution in [0.25, 0.3) is 0 Å². The van der Waals surface area contributed by atoms with Crippen molar-refractivity contribution < 1.29 is 9.84 Å². The monoisotopic (exact) mass is 302 g/mol. The van der Waals surface area contributed by atoms with Gasteiger partial charge in [-0.15, -0.1) is 0 Å². The average molecular weight is 302 g/mol. The zero-order valence-corrected chi connectivity index (χ0v) is 12.6. The summed E-state index contributed by atoms with van der Waals surface area (Å²) in [5.74, 6) is 0.757. The number of aliphatic hydroxyl groups is 1. The van der Waals surface area contributed by atoms with Gasteiger partial charge in [-0.05, 0) is 29.9 Å². The Bertz CT molecular complexity index is 590. The van der Waals surface area contributed by atoms with E-state index in [1.807, 2.05) is 54.6 Å². The Hall–Kier alpha value is -2.11. The lowest BCUT2D eigenvalue weighted by molar-refractivity contribution is 0.181. The molecule has 0 heterocycles. The molecule has 0 bridgehead atoms. The van der Waals surface area contributed by atoms with E-state index < -0.39 is 6.10 Å². The third-order valence-corrected chi connectivity index (χ3v) is 3.21. The van der Waals surface area contributed by atoms with Gasteiger partial charge in [0.15, 0.2) is 5.11 Å². The molecule has 0 fully saturated rings. The molecule has 0 saturated carbocycles. The molecule has 0 spiro atoms. The van der Waals surface area contributed by atoms with Gasteiger partial charge in [0.1, 0.15) is 5.75 Å². The molecular weight excluding hydrogens is 284 g/mol. The first kappa shape index (κ1) is 15.3. The van der Waals surface area contributed by atoms with Crippen molar-refractivity contribution in [1.29, 1.82) is 0 Å². The summed E-state index contributed by atoms with van der Waals surface area (Å²) in [5.41, 5.74) is 1.69.